The first kappa shape index (κ1) is 31.1. The molecule has 0 bridgehead atoms. The molecule has 1 fully saturated rings. The van der Waals surface area contributed by atoms with Gasteiger partial charge >= 0.3 is 18.4 Å². The van der Waals surface area contributed by atoms with Crippen molar-refractivity contribution in [1.29, 1.82) is 0 Å². The van der Waals surface area contributed by atoms with Gasteiger partial charge in [0.05, 0.1) is 17.2 Å². The number of nitrogens with zero attached hydrogens (tertiary/aromatic N) is 2. The number of fused-ring (bicyclic) bond motifs is 7. The summed E-state index contributed by atoms with van der Waals surface area (Å²) in [4.78, 5) is 16.2. The third-order valence-corrected chi connectivity index (χ3v) is 9.61. The van der Waals surface area contributed by atoms with Gasteiger partial charge in [-0.3, -0.25) is 9.80 Å². The number of carbonyl (C=O) groups excluding carboxylic acids is 1. The molecule has 0 radical (unpaired) electrons. The Labute approximate surface area is 267 Å². The fourth-order valence-electron chi connectivity index (χ4n) is 7.59. The lowest BCUT2D eigenvalue weighted by molar-refractivity contribution is -0.143. The van der Waals surface area contributed by atoms with Gasteiger partial charge in [-0.05, 0) is 74.8 Å². The van der Waals surface area contributed by atoms with Gasteiger partial charge in [0.2, 0.25) is 0 Å². The maximum absolute atomic E-state index is 13.8. The molecule has 7 rings (SSSR count). The second-order valence-electron chi connectivity index (χ2n) is 12.4. The molecular weight excluding hydrogens is 616 g/mol. The second-order valence-corrected chi connectivity index (χ2v) is 12.4. The lowest BCUT2D eigenvalue weighted by Gasteiger charge is -2.44. The summed E-state index contributed by atoms with van der Waals surface area (Å²) in [6.45, 7) is 0.931. The molecule has 0 aromatic heterocycles. The van der Waals surface area contributed by atoms with E-state index >= 15 is 0 Å². The van der Waals surface area contributed by atoms with Crippen LogP contribution >= 0.6 is 0 Å². The molecule has 2 N–H and O–H groups in total. The zero-order valence-corrected chi connectivity index (χ0v) is 25.2. The van der Waals surface area contributed by atoms with Crippen LogP contribution in [0.15, 0.2) is 91.0 Å². The predicted molar refractivity (Wildman–Crippen MR) is 171 cm³/mol. The van der Waals surface area contributed by atoms with Gasteiger partial charge in [-0.25, -0.2) is 4.79 Å². The number of hydrogen-bond donors (Lipinski definition) is 1. The lowest BCUT2D eigenvalue weighted by Crippen LogP contribution is -2.56. The van der Waals surface area contributed by atoms with Gasteiger partial charge in [-0.2, -0.15) is 26.3 Å². The van der Waals surface area contributed by atoms with Crippen molar-refractivity contribution in [3.63, 3.8) is 0 Å². The van der Waals surface area contributed by atoms with Gasteiger partial charge in [-0.1, -0.05) is 85.6 Å². The monoisotopic (exact) mass is 647 g/mol. The molecule has 1 saturated carbocycles. The van der Waals surface area contributed by atoms with Gasteiger partial charge in [0.15, 0.2) is 0 Å². The normalized spacial score (nSPS) is 18.9. The smallest absolute Gasteiger partial charge is 0.351 e. The molecule has 5 aromatic carbocycles. The van der Waals surface area contributed by atoms with E-state index in [0.717, 1.165) is 55.1 Å². The summed E-state index contributed by atoms with van der Waals surface area (Å²) < 4.78 is 83.1. The summed E-state index contributed by atoms with van der Waals surface area (Å²) in [7, 11) is 0. The number of nitrogens with two attached hydrogens (primary N) is 1. The van der Waals surface area contributed by atoms with Crippen LogP contribution in [0.5, 0.6) is 0 Å². The average Bonchev–Trinajstić information content (AvgIpc) is 3.21. The Morgan fingerprint density at radius 2 is 1.17 bits per heavy atom. The van der Waals surface area contributed by atoms with Crippen LogP contribution in [-0.2, 0) is 25.4 Å². The highest BCUT2D eigenvalue weighted by atomic mass is 19.4. The average molecular weight is 648 g/mol. The number of carbonyl (C=O) groups is 1. The van der Waals surface area contributed by atoms with Gasteiger partial charge in [0.25, 0.3) is 0 Å². The molecule has 2 atom stereocenters. The number of anilines is 1. The molecule has 1 aliphatic carbocycles. The minimum Gasteiger partial charge on any atom is -0.351 e. The highest BCUT2D eigenvalue weighted by Gasteiger charge is 2.42. The van der Waals surface area contributed by atoms with Crippen LogP contribution in [0.1, 0.15) is 47.9 Å². The molecule has 0 unspecified atom stereocenters. The van der Waals surface area contributed by atoms with Crippen molar-refractivity contribution in [2.45, 2.75) is 63.2 Å². The number of amides is 2. The summed E-state index contributed by atoms with van der Waals surface area (Å²) in [5.41, 5.74) is 6.64. The van der Waals surface area contributed by atoms with Crippen LogP contribution in [0.25, 0.3) is 32.7 Å². The van der Waals surface area contributed by atoms with E-state index in [1.165, 1.54) is 0 Å². The van der Waals surface area contributed by atoms with Crippen LogP contribution in [0, 0.1) is 0 Å². The minimum atomic E-state index is -5.06. The number of alkyl halides is 6. The number of urea groups is 1. The Hall–Kier alpha value is -4.57. The van der Waals surface area contributed by atoms with Crippen molar-refractivity contribution >= 4 is 33.3 Å². The van der Waals surface area contributed by atoms with E-state index in [0.29, 0.717) is 44.5 Å². The third-order valence-electron chi connectivity index (χ3n) is 9.61. The predicted octanol–water partition coefficient (Wildman–Crippen LogP) is 9.91. The summed E-state index contributed by atoms with van der Waals surface area (Å²) in [5.74, 6) is 0. The SMILES string of the molecule is NC(=O)N(c1cc(C(F)(F)F)cc(C(F)(F)F)c1)[C@@H]1CCCC[C@H]1N1Cc2ccc3ccccc3c2-c2c(ccc3ccccc23)C1. The molecule has 4 nitrogen and oxygen atoms in total. The largest absolute Gasteiger partial charge is 0.416 e. The first-order chi connectivity index (χ1) is 22.4. The van der Waals surface area contributed by atoms with E-state index in [1.807, 2.05) is 24.3 Å². The first-order valence-electron chi connectivity index (χ1n) is 15.5. The van der Waals surface area contributed by atoms with Gasteiger partial charge in [0, 0.05) is 24.8 Å². The lowest BCUT2D eigenvalue weighted by atomic mass is 9.87. The van der Waals surface area contributed by atoms with Gasteiger partial charge in [0.1, 0.15) is 0 Å². The van der Waals surface area contributed by atoms with Crippen molar-refractivity contribution in [2.75, 3.05) is 4.90 Å². The molecule has 1 heterocycles. The topological polar surface area (TPSA) is 49.6 Å². The summed E-state index contributed by atoms with van der Waals surface area (Å²) in [6.07, 6.45) is -7.73. The molecule has 0 spiro atoms. The Morgan fingerprint density at radius 3 is 1.66 bits per heavy atom. The summed E-state index contributed by atoms with van der Waals surface area (Å²) >= 11 is 0. The number of halogens is 6. The van der Waals surface area contributed by atoms with Crippen molar-refractivity contribution in [1.82, 2.24) is 4.90 Å². The van der Waals surface area contributed by atoms with Crippen molar-refractivity contribution in [3.05, 3.63) is 113 Å². The van der Waals surface area contributed by atoms with Crippen molar-refractivity contribution in [2.24, 2.45) is 5.73 Å². The van der Waals surface area contributed by atoms with Crippen LogP contribution in [0.3, 0.4) is 0 Å². The maximum Gasteiger partial charge on any atom is 0.416 e. The van der Waals surface area contributed by atoms with E-state index in [9.17, 15) is 31.1 Å². The zero-order valence-electron chi connectivity index (χ0n) is 25.2. The number of hydrogen-bond acceptors (Lipinski definition) is 2. The number of rotatable bonds is 3. The van der Waals surface area contributed by atoms with E-state index < -0.39 is 47.3 Å². The molecule has 5 aromatic rings. The quantitative estimate of drug-likeness (QED) is 0.198. The highest BCUT2D eigenvalue weighted by Crippen LogP contribution is 2.45. The van der Waals surface area contributed by atoms with Crippen molar-refractivity contribution < 1.29 is 31.1 Å². The van der Waals surface area contributed by atoms with Crippen LogP contribution in [0.4, 0.5) is 36.8 Å². The first-order valence-corrected chi connectivity index (χ1v) is 15.5. The Balaban J connectivity index is 1.38. The van der Waals surface area contributed by atoms with E-state index in [2.05, 4.69) is 53.4 Å². The van der Waals surface area contributed by atoms with Crippen molar-refractivity contribution in [3.8, 4) is 11.1 Å². The van der Waals surface area contributed by atoms with Crippen LogP contribution < -0.4 is 10.6 Å². The second kappa shape index (κ2) is 11.6. The molecule has 10 heteroatoms. The molecule has 47 heavy (non-hydrogen) atoms. The number of benzene rings is 5. The molecule has 1 aliphatic heterocycles. The Bertz CT molecular complexity index is 1880. The van der Waals surface area contributed by atoms with Crippen LogP contribution in [-0.4, -0.2) is 23.0 Å². The van der Waals surface area contributed by atoms with Gasteiger partial charge in [-0.15, -0.1) is 0 Å². The molecule has 2 aliphatic rings. The molecule has 0 saturated heterocycles. The standard InChI is InChI=1S/C37H31F6N3O/c38-36(39,40)26-17-27(37(41,42)43)19-28(18-26)46(35(44)47)32-12-6-5-11-31(32)45-20-24-15-13-22-7-1-3-9-29(22)33(24)34-25(21-45)16-14-23-8-2-4-10-30(23)34/h1-4,7-10,13-19,31-32H,5-6,11-12,20-21H2,(H2,44,47)/t31-,32-/m1/s1. The van der Waals surface area contributed by atoms with E-state index in [-0.39, 0.29) is 6.07 Å². The van der Waals surface area contributed by atoms with Gasteiger partial charge < -0.3 is 5.73 Å². The van der Waals surface area contributed by atoms with Crippen LogP contribution in [0.2, 0.25) is 0 Å². The maximum atomic E-state index is 13.8. The Kier molecular flexibility index (Phi) is 7.66. The third kappa shape index (κ3) is 5.69. The van der Waals surface area contributed by atoms with E-state index in [1.54, 1.807) is 0 Å². The zero-order chi connectivity index (χ0) is 33.1. The number of primary amides is 1. The van der Waals surface area contributed by atoms with E-state index in [4.69, 9.17) is 5.73 Å². The molecular formula is C37H31F6N3O. The summed E-state index contributed by atoms with van der Waals surface area (Å²) in [6, 6.07) is 23.6. The highest BCUT2D eigenvalue weighted by molar-refractivity contribution is 6.08. The summed E-state index contributed by atoms with van der Waals surface area (Å²) in [5, 5.41) is 4.34. The molecule has 2 amide bonds. The fourth-order valence-corrected chi connectivity index (χ4v) is 7.59. The molecule has 242 valence electrons. The minimum absolute atomic E-state index is 0.0678. The Morgan fingerprint density at radius 1 is 0.681 bits per heavy atom. The fraction of sp³-hybridized carbons (Fsp3) is 0.270.